The number of aliphatic imine (C=N–C) groups is 1. The Morgan fingerprint density at radius 2 is 2.05 bits per heavy atom. The van der Waals surface area contributed by atoms with Gasteiger partial charge in [-0.05, 0) is 39.3 Å². The van der Waals surface area contributed by atoms with Crippen molar-refractivity contribution in [3.8, 4) is 0 Å². The Balaban J connectivity index is 1.69. The Morgan fingerprint density at radius 1 is 1.23 bits per heavy atom. The number of morpholine rings is 1. The van der Waals surface area contributed by atoms with Gasteiger partial charge in [-0.15, -0.1) is 0 Å². The molecule has 6 heteroatoms. The molecule has 1 unspecified atom stereocenters. The zero-order valence-corrected chi connectivity index (χ0v) is 14.3. The first-order valence-corrected chi connectivity index (χ1v) is 8.78. The predicted molar refractivity (Wildman–Crippen MR) is 91.5 cm³/mol. The van der Waals surface area contributed by atoms with E-state index in [9.17, 15) is 0 Å². The molecule has 22 heavy (non-hydrogen) atoms. The van der Waals surface area contributed by atoms with Gasteiger partial charge in [0.25, 0.3) is 0 Å². The Morgan fingerprint density at radius 3 is 2.77 bits per heavy atom. The highest BCUT2D eigenvalue weighted by molar-refractivity contribution is 5.79. The zero-order valence-electron chi connectivity index (χ0n) is 14.3. The number of piperidine rings is 1. The van der Waals surface area contributed by atoms with Crippen LogP contribution in [0.15, 0.2) is 4.99 Å². The molecule has 0 saturated carbocycles. The van der Waals surface area contributed by atoms with Crippen molar-refractivity contribution in [3.05, 3.63) is 0 Å². The molecule has 1 atom stereocenters. The van der Waals surface area contributed by atoms with Crippen LogP contribution in [0, 0.1) is 5.92 Å². The second-order valence-electron chi connectivity index (χ2n) is 6.37. The molecular formula is C16H33N5O. The van der Waals surface area contributed by atoms with Crippen LogP contribution in [0.25, 0.3) is 0 Å². The average molecular weight is 311 g/mol. The number of ether oxygens (including phenoxy) is 1. The van der Waals surface area contributed by atoms with Gasteiger partial charge in [0.1, 0.15) is 0 Å². The van der Waals surface area contributed by atoms with Crippen LogP contribution in [0.1, 0.15) is 19.8 Å². The Hall–Kier alpha value is -0.850. The summed E-state index contributed by atoms with van der Waals surface area (Å²) in [5, 5.41) is 6.81. The lowest BCUT2D eigenvalue weighted by Crippen LogP contribution is -2.44. The molecule has 128 valence electrons. The first-order chi connectivity index (χ1) is 10.8. The molecule has 2 N–H and O–H groups in total. The largest absolute Gasteiger partial charge is 0.379 e. The summed E-state index contributed by atoms with van der Waals surface area (Å²) in [7, 11) is 2.21. The normalized spacial score (nSPS) is 25.2. The Bertz CT molecular complexity index is 330. The van der Waals surface area contributed by atoms with Gasteiger partial charge in [0.05, 0.1) is 13.2 Å². The third-order valence-electron chi connectivity index (χ3n) is 4.40. The molecule has 0 aliphatic carbocycles. The standard InChI is InChI=1S/C16H33N5O/c1-3-17-16(18-6-8-21-9-11-22-12-10-21)19-13-15-5-4-7-20(2)14-15/h15H,3-14H2,1-2H3,(H2,17,18,19). The molecule has 2 aliphatic heterocycles. The first-order valence-electron chi connectivity index (χ1n) is 8.78. The smallest absolute Gasteiger partial charge is 0.191 e. The molecule has 0 aromatic heterocycles. The van der Waals surface area contributed by atoms with Crippen LogP contribution < -0.4 is 10.6 Å². The first kappa shape index (κ1) is 17.5. The van der Waals surface area contributed by atoms with E-state index < -0.39 is 0 Å². The molecule has 0 bridgehead atoms. The number of hydrogen-bond acceptors (Lipinski definition) is 4. The van der Waals surface area contributed by atoms with E-state index in [4.69, 9.17) is 9.73 Å². The van der Waals surface area contributed by atoms with Gasteiger partial charge in [-0.1, -0.05) is 0 Å². The fourth-order valence-electron chi connectivity index (χ4n) is 3.14. The van der Waals surface area contributed by atoms with E-state index in [1.54, 1.807) is 0 Å². The molecule has 0 aromatic rings. The number of nitrogens with zero attached hydrogens (tertiary/aromatic N) is 3. The molecule has 6 nitrogen and oxygen atoms in total. The second kappa shape index (κ2) is 10.0. The van der Waals surface area contributed by atoms with Gasteiger partial charge in [-0.2, -0.15) is 0 Å². The summed E-state index contributed by atoms with van der Waals surface area (Å²) < 4.78 is 5.38. The molecule has 0 radical (unpaired) electrons. The second-order valence-corrected chi connectivity index (χ2v) is 6.37. The van der Waals surface area contributed by atoms with Gasteiger partial charge in [0.15, 0.2) is 5.96 Å². The molecule has 2 saturated heterocycles. The maximum atomic E-state index is 5.38. The average Bonchev–Trinajstić information content (AvgIpc) is 2.54. The van der Waals surface area contributed by atoms with E-state index in [1.807, 2.05) is 0 Å². The SMILES string of the molecule is CCNC(=NCC1CCCN(C)C1)NCCN1CCOCC1. The summed E-state index contributed by atoms with van der Waals surface area (Å²) >= 11 is 0. The molecule has 2 rings (SSSR count). The Labute approximate surface area is 135 Å². The summed E-state index contributed by atoms with van der Waals surface area (Å²) in [6.45, 7) is 12.2. The van der Waals surface area contributed by atoms with E-state index in [1.165, 1.54) is 25.9 Å². The van der Waals surface area contributed by atoms with E-state index in [0.717, 1.165) is 58.4 Å². The van der Waals surface area contributed by atoms with Crippen molar-refractivity contribution < 1.29 is 4.74 Å². The van der Waals surface area contributed by atoms with Gasteiger partial charge in [-0.3, -0.25) is 9.89 Å². The van der Waals surface area contributed by atoms with Crippen LogP contribution in [0.5, 0.6) is 0 Å². The van der Waals surface area contributed by atoms with Crippen molar-refractivity contribution >= 4 is 5.96 Å². The summed E-state index contributed by atoms with van der Waals surface area (Å²) in [6, 6.07) is 0. The molecule has 2 aliphatic rings. The number of guanidine groups is 1. The highest BCUT2D eigenvalue weighted by Crippen LogP contribution is 2.14. The van der Waals surface area contributed by atoms with Crippen LogP contribution in [-0.2, 0) is 4.74 Å². The monoisotopic (exact) mass is 311 g/mol. The third-order valence-corrected chi connectivity index (χ3v) is 4.40. The summed E-state index contributed by atoms with van der Waals surface area (Å²) in [5.41, 5.74) is 0. The van der Waals surface area contributed by atoms with E-state index in [0.29, 0.717) is 5.92 Å². The molecule has 0 amide bonds. The quantitative estimate of drug-likeness (QED) is 0.543. The summed E-state index contributed by atoms with van der Waals surface area (Å²) in [4.78, 5) is 9.64. The molecule has 0 spiro atoms. The minimum atomic E-state index is 0.702. The van der Waals surface area contributed by atoms with Crippen molar-refractivity contribution in [2.24, 2.45) is 10.9 Å². The molecule has 0 aromatic carbocycles. The fraction of sp³-hybridized carbons (Fsp3) is 0.938. The van der Waals surface area contributed by atoms with E-state index in [-0.39, 0.29) is 0 Å². The van der Waals surface area contributed by atoms with Crippen LogP contribution >= 0.6 is 0 Å². The summed E-state index contributed by atoms with van der Waals surface area (Å²) in [6.07, 6.45) is 2.61. The lowest BCUT2D eigenvalue weighted by Gasteiger charge is -2.29. The summed E-state index contributed by atoms with van der Waals surface area (Å²) in [5.74, 6) is 1.66. The van der Waals surface area contributed by atoms with Gasteiger partial charge in [0, 0.05) is 45.8 Å². The maximum absolute atomic E-state index is 5.38. The minimum absolute atomic E-state index is 0.702. The van der Waals surface area contributed by atoms with Gasteiger partial charge >= 0.3 is 0 Å². The highest BCUT2D eigenvalue weighted by atomic mass is 16.5. The molecular weight excluding hydrogens is 278 g/mol. The lowest BCUT2D eigenvalue weighted by atomic mass is 9.99. The maximum Gasteiger partial charge on any atom is 0.191 e. The molecule has 2 heterocycles. The van der Waals surface area contributed by atoms with E-state index in [2.05, 4.69) is 34.4 Å². The third kappa shape index (κ3) is 6.50. The van der Waals surface area contributed by atoms with Crippen LogP contribution in [-0.4, -0.2) is 88.4 Å². The zero-order chi connectivity index (χ0) is 15.6. The Kier molecular flexibility index (Phi) is 7.98. The van der Waals surface area contributed by atoms with Crippen LogP contribution in [0.2, 0.25) is 0 Å². The van der Waals surface area contributed by atoms with Gasteiger partial charge in [-0.25, -0.2) is 0 Å². The topological polar surface area (TPSA) is 52.1 Å². The van der Waals surface area contributed by atoms with Crippen LogP contribution in [0.4, 0.5) is 0 Å². The predicted octanol–water partition coefficient (Wildman–Crippen LogP) is 0.216. The van der Waals surface area contributed by atoms with Crippen molar-refractivity contribution in [1.82, 2.24) is 20.4 Å². The van der Waals surface area contributed by atoms with Crippen molar-refractivity contribution in [3.63, 3.8) is 0 Å². The van der Waals surface area contributed by atoms with Gasteiger partial charge in [0.2, 0.25) is 0 Å². The minimum Gasteiger partial charge on any atom is -0.379 e. The number of likely N-dealkylation sites (tertiary alicyclic amines) is 1. The number of hydrogen-bond donors (Lipinski definition) is 2. The number of rotatable bonds is 6. The van der Waals surface area contributed by atoms with E-state index >= 15 is 0 Å². The van der Waals surface area contributed by atoms with Crippen LogP contribution in [0.3, 0.4) is 0 Å². The van der Waals surface area contributed by atoms with Crippen molar-refractivity contribution in [2.75, 3.05) is 72.6 Å². The van der Waals surface area contributed by atoms with Crippen molar-refractivity contribution in [2.45, 2.75) is 19.8 Å². The number of nitrogens with one attached hydrogen (secondary N) is 2. The lowest BCUT2D eigenvalue weighted by molar-refractivity contribution is 0.0389. The highest BCUT2D eigenvalue weighted by Gasteiger charge is 2.16. The molecule has 2 fully saturated rings. The fourth-order valence-corrected chi connectivity index (χ4v) is 3.14. The van der Waals surface area contributed by atoms with Gasteiger partial charge < -0.3 is 20.3 Å². The van der Waals surface area contributed by atoms with Crippen molar-refractivity contribution in [1.29, 1.82) is 0 Å².